The molecule has 2 aromatic rings. The van der Waals surface area contributed by atoms with Crippen LogP contribution in [0.25, 0.3) is 0 Å². The summed E-state index contributed by atoms with van der Waals surface area (Å²) in [6.45, 7) is 0.584. The monoisotopic (exact) mass is 374 g/mol. The van der Waals surface area contributed by atoms with Gasteiger partial charge in [-0.3, -0.25) is 9.59 Å². The summed E-state index contributed by atoms with van der Waals surface area (Å²) in [7, 11) is 1.56. The summed E-state index contributed by atoms with van der Waals surface area (Å²) < 4.78 is 10.8. The zero-order valence-corrected chi connectivity index (χ0v) is 15.0. The van der Waals surface area contributed by atoms with Gasteiger partial charge in [0.15, 0.2) is 0 Å². The molecule has 0 aliphatic carbocycles. The normalized spacial score (nSPS) is 15.6. The van der Waals surface area contributed by atoms with Gasteiger partial charge in [0.05, 0.1) is 24.6 Å². The molecule has 0 saturated carbocycles. The third-order valence-electron chi connectivity index (χ3n) is 4.11. The minimum absolute atomic E-state index is 0.0946. The standard InChI is InChI=1S/C19H19ClN2O4/c1-25-12-6-7-16-13(10-12)14(11-18(23)22-16)19(24)21-8-9-26-17-5-3-2-4-15(17)20/h2-7,10,14H,8-9,11H2,1H3,(H,21,24)(H,22,23)/t14-/m0/s1. The number of methoxy groups -OCH3 is 1. The Bertz CT molecular complexity index is 825. The van der Waals surface area contributed by atoms with E-state index >= 15 is 0 Å². The predicted molar refractivity (Wildman–Crippen MR) is 98.9 cm³/mol. The number of ether oxygens (including phenoxy) is 2. The maximum absolute atomic E-state index is 12.6. The van der Waals surface area contributed by atoms with Gasteiger partial charge in [-0.15, -0.1) is 0 Å². The van der Waals surface area contributed by atoms with Gasteiger partial charge in [-0.05, 0) is 35.9 Å². The molecule has 6 nitrogen and oxygen atoms in total. The topological polar surface area (TPSA) is 76.7 Å². The molecule has 26 heavy (non-hydrogen) atoms. The minimum Gasteiger partial charge on any atom is -0.497 e. The van der Waals surface area contributed by atoms with Crippen LogP contribution in [0.2, 0.25) is 5.02 Å². The third-order valence-corrected chi connectivity index (χ3v) is 4.42. The van der Waals surface area contributed by atoms with Crippen molar-refractivity contribution in [1.82, 2.24) is 5.32 Å². The molecule has 2 aromatic carbocycles. The van der Waals surface area contributed by atoms with Crippen molar-refractivity contribution in [2.75, 3.05) is 25.6 Å². The number of carbonyl (C=O) groups excluding carboxylic acids is 2. The minimum atomic E-state index is -0.561. The second-order valence-corrected chi connectivity index (χ2v) is 6.24. The van der Waals surface area contributed by atoms with Gasteiger partial charge in [0, 0.05) is 12.1 Å². The number of benzene rings is 2. The highest BCUT2D eigenvalue weighted by Gasteiger charge is 2.30. The van der Waals surface area contributed by atoms with Crippen LogP contribution in [0.5, 0.6) is 11.5 Å². The zero-order chi connectivity index (χ0) is 18.5. The van der Waals surface area contributed by atoms with Crippen molar-refractivity contribution in [2.24, 2.45) is 0 Å². The molecule has 0 aromatic heterocycles. The van der Waals surface area contributed by atoms with Crippen LogP contribution in [0.3, 0.4) is 0 Å². The van der Waals surface area contributed by atoms with Gasteiger partial charge in [0.1, 0.15) is 18.1 Å². The summed E-state index contributed by atoms with van der Waals surface area (Å²) in [6.07, 6.45) is 0.0946. The molecule has 3 rings (SSSR count). The van der Waals surface area contributed by atoms with Crippen molar-refractivity contribution in [3.63, 3.8) is 0 Å². The first-order valence-electron chi connectivity index (χ1n) is 8.21. The Labute approximate surface area is 156 Å². The van der Waals surface area contributed by atoms with E-state index in [1.807, 2.05) is 12.1 Å². The molecule has 0 spiro atoms. The molecule has 2 N–H and O–H groups in total. The first kappa shape index (κ1) is 18.1. The van der Waals surface area contributed by atoms with Crippen LogP contribution >= 0.6 is 11.6 Å². The second-order valence-electron chi connectivity index (χ2n) is 5.83. The van der Waals surface area contributed by atoms with E-state index in [-0.39, 0.29) is 24.8 Å². The second kappa shape index (κ2) is 8.10. The van der Waals surface area contributed by atoms with Crippen LogP contribution in [0.1, 0.15) is 17.9 Å². The van der Waals surface area contributed by atoms with E-state index in [2.05, 4.69) is 10.6 Å². The van der Waals surface area contributed by atoms with E-state index in [4.69, 9.17) is 21.1 Å². The highest BCUT2D eigenvalue weighted by Crippen LogP contribution is 2.35. The number of rotatable bonds is 6. The van der Waals surface area contributed by atoms with E-state index in [1.54, 1.807) is 37.4 Å². The van der Waals surface area contributed by atoms with Crippen molar-refractivity contribution < 1.29 is 19.1 Å². The molecule has 0 radical (unpaired) electrons. The van der Waals surface area contributed by atoms with E-state index < -0.39 is 5.92 Å². The lowest BCUT2D eigenvalue weighted by molar-refractivity contribution is -0.126. The molecular formula is C19H19ClN2O4. The molecule has 136 valence electrons. The summed E-state index contributed by atoms with van der Waals surface area (Å²) in [5, 5.41) is 6.11. The summed E-state index contributed by atoms with van der Waals surface area (Å²) in [5.74, 6) is 0.233. The van der Waals surface area contributed by atoms with Crippen LogP contribution in [0.4, 0.5) is 5.69 Å². The van der Waals surface area contributed by atoms with Crippen molar-refractivity contribution in [3.05, 3.63) is 53.1 Å². The number of amides is 2. The Balaban J connectivity index is 1.61. The lowest BCUT2D eigenvalue weighted by atomic mass is 9.89. The molecule has 1 aliphatic rings. The van der Waals surface area contributed by atoms with Gasteiger partial charge < -0.3 is 20.1 Å². The molecule has 0 bridgehead atoms. The smallest absolute Gasteiger partial charge is 0.228 e. The molecule has 0 unspecified atom stereocenters. The first-order valence-corrected chi connectivity index (χ1v) is 8.59. The first-order chi connectivity index (χ1) is 12.6. The number of halogens is 1. The average Bonchev–Trinajstić information content (AvgIpc) is 2.65. The zero-order valence-electron chi connectivity index (χ0n) is 14.3. The van der Waals surface area contributed by atoms with Crippen LogP contribution in [-0.4, -0.2) is 32.1 Å². The lowest BCUT2D eigenvalue weighted by Crippen LogP contribution is -2.36. The van der Waals surface area contributed by atoms with E-state index in [0.29, 0.717) is 28.8 Å². The largest absolute Gasteiger partial charge is 0.497 e. The maximum atomic E-state index is 12.6. The fraction of sp³-hybridized carbons (Fsp3) is 0.263. The summed E-state index contributed by atoms with van der Waals surface area (Å²) in [6, 6.07) is 12.4. The van der Waals surface area contributed by atoms with Gasteiger partial charge in [0.25, 0.3) is 0 Å². The number of anilines is 1. The van der Waals surface area contributed by atoms with Gasteiger partial charge in [-0.1, -0.05) is 23.7 Å². The summed E-state index contributed by atoms with van der Waals surface area (Å²) in [4.78, 5) is 24.5. The van der Waals surface area contributed by atoms with E-state index in [1.165, 1.54) is 0 Å². The Morgan fingerprint density at radius 2 is 2.12 bits per heavy atom. The number of hydrogen-bond donors (Lipinski definition) is 2. The van der Waals surface area contributed by atoms with Crippen molar-refractivity contribution in [1.29, 1.82) is 0 Å². The van der Waals surface area contributed by atoms with Crippen molar-refractivity contribution in [3.8, 4) is 11.5 Å². The number of carbonyl (C=O) groups is 2. The van der Waals surface area contributed by atoms with E-state index in [0.717, 1.165) is 5.56 Å². The maximum Gasteiger partial charge on any atom is 0.228 e. The highest BCUT2D eigenvalue weighted by atomic mass is 35.5. The highest BCUT2D eigenvalue weighted by molar-refractivity contribution is 6.32. The molecular weight excluding hydrogens is 356 g/mol. The number of fused-ring (bicyclic) bond motifs is 1. The summed E-state index contributed by atoms with van der Waals surface area (Å²) in [5.41, 5.74) is 1.38. The predicted octanol–water partition coefficient (Wildman–Crippen LogP) is 2.97. The van der Waals surface area contributed by atoms with Crippen molar-refractivity contribution >= 4 is 29.1 Å². The van der Waals surface area contributed by atoms with E-state index in [9.17, 15) is 9.59 Å². The van der Waals surface area contributed by atoms with Crippen LogP contribution in [-0.2, 0) is 9.59 Å². The number of para-hydroxylation sites is 1. The van der Waals surface area contributed by atoms with Crippen molar-refractivity contribution in [2.45, 2.75) is 12.3 Å². The number of hydrogen-bond acceptors (Lipinski definition) is 4. The van der Waals surface area contributed by atoms with Gasteiger partial charge in [0.2, 0.25) is 11.8 Å². The molecule has 0 fully saturated rings. The molecule has 2 amide bonds. The lowest BCUT2D eigenvalue weighted by Gasteiger charge is -2.25. The molecule has 1 heterocycles. The Morgan fingerprint density at radius 3 is 2.88 bits per heavy atom. The van der Waals surface area contributed by atoms with Crippen LogP contribution < -0.4 is 20.1 Å². The van der Waals surface area contributed by atoms with Gasteiger partial charge in [-0.25, -0.2) is 0 Å². The molecule has 1 atom stereocenters. The Kier molecular flexibility index (Phi) is 5.63. The fourth-order valence-corrected chi connectivity index (χ4v) is 3.01. The molecule has 1 aliphatic heterocycles. The quantitative estimate of drug-likeness (QED) is 0.762. The van der Waals surface area contributed by atoms with Gasteiger partial charge >= 0.3 is 0 Å². The molecule has 7 heteroatoms. The van der Waals surface area contributed by atoms with Crippen LogP contribution in [0.15, 0.2) is 42.5 Å². The summed E-state index contributed by atoms with van der Waals surface area (Å²) >= 11 is 6.02. The third kappa shape index (κ3) is 4.08. The SMILES string of the molecule is COc1ccc2c(c1)[C@@H](C(=O)NCCOc1ccccc1Cl)CC(=O)N2. The average molecular weight is 375 g/mol. The Hall–Kier alpha value is -2.73. The Morgan fingerprint density at radius 1 is 1.31 bits per heavy atom. The fourth-order valence-electron chi connectivity index (χ4n) is 2.82. The van der Waals surface area contributed by atoms with Gasteiger partial charge in [-0.2, -0.15) is 0 Å². The number of nitrogens with one attached hydrogen (secondary N) is 2. The van der Waals surface area contributed by atoms with Crippen LogP contribution in [0, 0.1) is 0 Å². The molecule has 0 saturated heterocycles.